The van der Waals surface area contributed by atoms with Crippen molar-refractivity contribution in [1.82, 2.24) is 15.1 Å². The molecule has 1 heterocycles. The molecule has 2 aliphatic carbocycles. The molecule has 2 aliphatic rings. The number of hydrogen-bond acceptors (Lipinski definition) is 2. The Kier molecular flexibility index (Phi) is 2.98. The molecule has 2 bridgehead atoms. The van der Waals surface area contributed by atoms with Crippen molar-refractivity contribution in [2.45, 2.75) is 25.7 Å². The van der Waals surface area contributed by atoms with Gasteiger partial charge in [0.1, 0.15) is 0 Å². The van der Waals surface area contributed by atoms with Crippen molar-refractivity contribution in [3.05, 3.63) is 30.0 Å². The number of amides is 1. The average Bonchev–Trinajstić information content (AvgIpc) is 3.21. The zero-order valence-electron chi connectivity index (χ0n) is 12.4. The van der Waals surface area contributed by atoms with E-state index in [1.165, 1.54) is 25.7 Å². The third-order valence-electron chi connectivity index (χ3n) is 5.43. The molecule has 1 aromatic heterocycles. The third kappa shape index (κ3) is 2.23. The summed E-state index contributed by atoms with van der Waals surface area (Å²) in [6.07, 6.45) is 7.28. The number of carbonyl (C=O) groups excluding carboxylic acids is 1. The maximum atomic E-state index is 12.6. The van der Waals surface area contributed by atoms with Gasteiger partial charge >= 0.3 is 0 Å². The predicted octanol–water partition coefficient (Wildman–Crippen LogP) is 3.07. The van der Waals surface area contributed by atoms with Crippen LogP contribution in [0.4, 0.5) is 0 Å². The zero-order valence-corrected chi connectivity index (χ0v) is 12.4. The van der Waals surface area contributed by atoms with E-state index in [0.717, 1.165) is 34.8 Å². The number of benzene rings is 1. The van der Waals surface area contributed by atoms with E-state index in [-0.39, 0.29) is 5.91 Å². The molecule has 3 unspecified atom stereocenters. The van der Waals surface area contributed by atoms with Crippen LogP contribution in [0.2, 0.25) is 0 Å². The van der Waals surface area contributed by atoms with E-state index >= 15 is 0 Å². The van der Waals surface area contributed by atoms with Crippen LogP contribution in [0.3, 0.4) is 0 Å². The lowest BCUT2D eigenvalue weighted by Gasteiger charge is -2.27. The average molecular weight is 283 g/mol. The zero-order chi connectivity index (χ0) is 14.4. The predicted molar refractivity (Wildman–Crippen MR) is 82.0 cm³/mol. The van der Waals surface area contributed by atoms with Crippen LogP contribution < -0.4 is 0 Å². The maximum Gasteiger partial charge on any atom is 0.253 e. The fraction of sp³-hybridized carbons (Fsp3) is 0.529. The Morgan fingerprint density at radius 1 is 1.38 bits per heavy atom. The molecule has 1 N–H and O–H groups in total. The van der Waals surface area contributed by atoms with Gasteiger partial charge in [0.05, 0.1) is 11.7 Å². The summed E-state index contributed by atoms with van der Waals surface area (Å²) >= 11 is 0. The first-order valence-electron chi connectivity index (χ1n) is 7.89. The van der Waals surface area contributed by atoms with E-state index in [1.54, 1.807) is 6.20 Å². The summed E-state index contributed by atoms with van der Waals surface area (Å²) < 4.78 is 0. The molecule has 0 spiro atoms. The number of nitrogens with zero attached hydrogens (tertiary/aromatic N) is 2. The number of hydrogen-bond donors (Lipinski definition) is 1. The molecule has 4 nitrogen and oxygen atoms in total. The Labute approximate surface area is 124 Å². The van der Waals surface area contributed by atoms with Gasteiger partial charge in [-0.3, -0.25) is 9.89 Å². The highest BCUT2D eigenvalue weighted by molar-refractivity contribution is 5.97. The molecular formula is C17H21N3O. The van der Waals surface area contributed by atoms with Crippen LogP contribution in [0.15, 0.2) is 24.4 Å². The molecule has 21 heavy (non-hydrogen) atoms. The Morgan fingerprint density at radius 2 is 2.29 bits per heavy atom. The van der Waals surface area contributed by atoms with Crippen molar-refractivity contribution in [2.24, 2.45) is 17.8 Å². The molecule has 2 fully saturated rings. The largest absolute Gasteiger partial charge is 0.341 e. The Morgan fingerprint density at radius 3 is 3.05 bits per heavy atom. The summed E-state index contributed by atoms with van der Waals surface area (Å²) in [5, 5.41) is 7.98. The van der Waals surface area contributed by atoms with Gasteiger partial charge in [-0.2, -0.15) is 5.10 Å². The van der Waals surface area contributed by atoms with E-state index in [1.807, 2.05) is 30.1 Å². The van der Waals surface area contributed by atoms with Gasteiger partial charge in [-0.1, -0.05) is 12.5 Å². The van der Waals surface area contributed by atoms with E-state index in [2.05, 4.69) is 10.2 Å². The minimum atomic E-state index is 0.120. The quantitative estimate of drug-likeness (QED) is 0.941. The molecule has 4 rings (SSSR count). The molecule has 110 valence electrons. The molecule has 2 saturated carbocycles. The van der Waals surface area contributed by atoms with Gasteiger partial charge in [-0.05, 0) is 49.1 Å². The molecule has 1 amide bonds. The fourth-order valence-corrected chi connectivity index (χ4v) is 4.33. The van der Waals surface area contributed by atoms with Crippen LogP contribution in [-0.4, -0.2) is 34.6 Å². The maximum absolute atomic E-state index is 12.6. The van der Waals surface area contributed by atoms with Crippen molar-refractivity contribution in [2.75, 3.05) is 13.6 Å². The Balaban J connectivity index is 1.48. The lowest BCUT2D eigenvalue weighted by molar-refractivity contribution is 0.0754. The second kappa shape index (κ2) is 4.86. The summed E-state index contributed by atoms with van der Waals surface area (Å²) in [5.74, 6) is 2.63. The highest BCUT2D eigenvalue weighted by Gasteiger charge is 2.40. The van der Waals surface area contributed by atoms with Gasteiger partial charge in [0.15, 0.2) is 0 Å². The summed E-state index contributed by atoms with van der Waals surface area (Å²) in [6.45, 7) is 0.904. The van der Waals surface area contributed by atoms with Gasteiger partial charge in [-0.15, -0.1) is 0 Å². The van der Waals surface area contributed by atoms with Crippen LogP contribution in [0, 0.1) is 17.8 Å². The van der Waals surface area contributed by atoms with Crippen LogP contribution in [-0.2, 0) is 0 Å². The first kappa shape index (κ1) is 12.9. The monoisotopic (exact) mass is 283 g/mol. The molecule has 3 atom stereocenters. The second-order valence-electron chi connectivity index (χ2n) is 6.79. The molecular weight excluding hydrogens is 262 g/mol. The number of aromatic amines is 1. The minimum absolute atomic E-state index is 0.120. The molecule has 4 heteroatoms. The fourth-order valence-electron chi connectivity index (χ4n) is 4.33. The van der Waals surface area contributed by atoms with Crippen molar-refractivity contribution in [3.63, 3.8) is 0 Å². The molecule has 0 saturated heterocycles. The topological polar surface area (TPSA) is 49.0 Å². The van der Waals surface area contributed by atoms with Crippen molar-refractivity contribution in [3.8, 4) is 0 Å². The van der Waals surface area contributed by atoms with Crippen LogP contribution in [0.1, 0.15) is 36.0 Å². The molecule has 1 aromatic carbocycles. The number of carbonyl (C=O) groups is 1. The first-order chi connectivity index (χ1) is 10.2. The van der Waals surface area contributed by atoms with E-state index in [4.69, 9.17) is 0 Å². The van der Waals surface area contributed by atoms with Gasteiger partial charge in [0.25, 0.3) is 5.91 Å². The summed E-state index contributed by atoms with van der Waals surface area (Å²) in [6, 6.07) is 5.76. The van der Waals surface area contributed by atoms with Crippen molar-refractivity contribution >= 4 is 16.8 Å². The van der Waals surface area contributed by atoms with Crippen molar-refractivity contribution in [1.29, 1.82) is 0 Å². The van der Waals surface area contributed by atoms with Gasteiger partial charge in [-0.25, -0.2) is 0 Å². The van der Waals surface area contributed by atoms with Gasteiger partial charge in [0, 0.05) is 24.5 Å². The SMILES string of the molecule is CN(CC1CC2CCC1C2)C(=O)c1ccc2cn[nH]c2c1. The Bertz CT molecular complexity index is 677. The number of aromatic nitrogens is 2. The third-order valence-corrected chi connectivity index (χ3v) is 5.43. The van der Waals surface area contributed by atoms with Crippen LogP contribution >= 0.6 is 0 Å². The minimum Gasteiger partial charge on any atom is -0.341 e. The van der Waals surface area contributed by atoms with E-state index in [0.29, 0.717) is 5.92 Å². The lowest BCUT2D eigenvalue weighted by Crippen LogP contribution is -2.33. The highest BCUT2D eigenvalue weighted by atomic mass is 16.2. The smallest absolute Gasteiger partial charge is 0.253 e. The number of H-pyrrole nitrogens is 1. The van der Waals surface area contributed by atoms with Gasteiger partial charge < -0.3 is 4.90 Å². The van der Waals surface area contributed by atoms with Crippen LogP contribution in [0.5, 0.6) is 0 Å². The second-order valence-corrected chi connectivity index (χ2v) is 6.79. The number of rotatable bonds is 3. The summed E-state index contributed by atoms with van der Waals surface area (Å²) in [5.41, 5.74) is 1.67. The van der Waals surface area contributed by atoms with E-state index < -0.39 is 0 Å². The first-order valence-corrected chi connectivity index (χ1v) is 7.89. The molecule has 0 aliphatic heterocycles. The number of nitrogens with one attached hydrogen (secondary N) is 1. The van der Waals surface area contributed by atoms with E-state index in [9.17, 15) is 4.79 Å². The number of fused-ring (bicyclic) bond motifs is 3. The molecule has 0 radical (unpaired) electrons. The summed E-state index contributed by atoms with van der Waals surface area (Å²) in [4.78, 5) is 14.5. The summed E-state index contributed by atoms with van der Waals surface area (Å²) in [7, 11) is 1.94. The molecule has 2 aromatic rings. The van der Waals surface area contributed by atoms with Crippen molar-refractivity contribution < 1.29 is 4.79 Å². The normalized spacial score (nSPS) is 27.4. The highest BCUT2D eigenvalue weighted by Crippen LogP contribution is 2.48. The standard InChI is InChI=1S/C17H21N3O/c1-20(10-15-7-11-2-3-12(15)6-11)17(21)13-4-5-14-9-18-19-16(14)8-13/h4-5,8-9,11-12,15H,2-3,6-7,10H2,1H3,(H,18,19). The lowest BCUT2D eigenvalue weighted by atomic mass is 9.88. The van der Waals surface area contributed by atoms with Crippen LogP contribution in [0.25, 0.3) is 10.9 Å². The Hall–Kier alpha value is -1.84. The van der Waals surface area contributed by atoms with Gasteiger partial charge in [0.2, 0.25) is 0 Å².